The maximum absolute atomic E-state index is 11.9. The Morgan fingerprint density at radius 2 is 1.96 bits per heavy atom. The first kappa shape index (κ1) is 16.6. The monoisotopic (exact) mass is 338 g/mol. The quantitative estimate of drug-likeness (QED) is 0.742. The highest BCUT2D eigenvalue weighted by Gasteiger charge is 2.10. The third-order valence-corrected chi connectivity index (χ3v) is 3.69. The van der Waals surface area contributed by atoms with Crippen LogP contribution in [0, 0.1) is 13.8 Å². The summed E-state index contributed by atoms with van der Waals surface area (Å²) in [6.07, 6.45) is 3.30. The van der Waals surface area contributed by atoms with Crippen molar-refractivity contribution in [3.8, 4) is 17.1 Å². The lowest BCUT2D eigenvalue weighted by Crippen LogP contribution is -2.28. The molecule has 0 spiro atoms. The lowest BCUT2D eigenvalue weighted by Gasteiger charge is -2.08. The Balaban J connectivity index is 1.49. The van der Waals surface area contributed by atoms with Crippen molar-refractivity contribution in [2.75, 3.05) is 6.61 Å². The fourth-order valence-corrected chi connectivity index (χ4v) is 2.12. The van der Waals surface area contributed by atoms with Gasteiger partial charge in [0.2, 0.25) is 11.7 Å². The minimum absolute atomic E-state index is 0.0755. The molecule has 3 rings (SSSR count). The molecule has 7 heteroatoms. The molecule has 0 fully saturated rings. The standard InChI is InChI=1S/C18H18N4O3/c1-12-3-4-15(9-13(12)2)24-11-16(23)20-10-17-21-18(22-25-17)14-5-7-19-8-6-14/h3-9H,10-11H2,1-2H3,(H,20,23). The number of amides is 1. The van der Waals surface area contributed by atoms with E-state index in [-0.39, 0.29) is 19.1 Å². The molecule has 0 atom stereocenters. The van der Waals surface area contributed by atoms with Gasteiger partial charge in [-0.05, 0) is 49.2 Å². The molecule has 25 heavy (non-hydrogen) atoms. The first-order valence-corrected chi connectivity index (χ1v) is 7.81. The molecule has 0 saturated heterocycles. The molecule has 2 heterocycles. The van der Waals surface area contributed by atoms with Gasteiger partial charge in [-0.1, -0.05) is 11.2 Å². The predicted molar refractivity (Wildman–Crippen MR) is 90.8 cm³/mol. The highest BCUT2D eigenvalue weighted by Crippen LogP contribution is 2.16. The zero-order valence-corrected chi connectivity index (χ0v) is 14.0. The number of hydrogen-bond acceptors (Lipinski definition) is 6. The van der Waals surface area contributed by atoms with E-state index in [0.29, 0.717) is 17.5 Å². The van der Waals surface area contributed by atoms with Crippen LogP contribution in [0.15, 0.2) is 47.2 Å². The van der Waals surface area contributed by atoms with Gasteiger partial charge in [0.05, 0.1) is 6.54 Å². The van der Waals surface area contributed by atoms with E-state index in [1.807, 2.05) is 32.0 Å². The summed E-state index contributed by atoms with van der Waals surface area (Å²) in [5.74, 6) is 1.18. The van der Waals surface area contributed by atoms with Crippen molar-refractivity contribution in [2.45, 2.75) is 20.4 Å². The highest BCUT2D eigenvalue weighted by atomic mass is 16.5. The molecule has 0 unspecified atom stereocenters. The van der Waals surface area contributed by atoms with Crippen molar-refractivity contribution in [2.24, 2.45) is 0 Å². The average Bonchev–Trinajstić information content (AvgIpc) is 3.11. The number of carbonyl (C=O) groups excluding carboxylic acids is 1. The van der Waals surface area contributed by atoms with Crippen LogP contribution in [0.1, 0.15) is 17.0 Å². The topological polar surface area (TPSA) is 90.1 Å². The lowest BCUT2D eigenvalue weighted by molar-refractivity contribution is -0.123. The Bertz CT molecular complexity index is 862. The van der Waals surface area contributed by atoms with Crippen molar-refractivity contribution < 1.29 is 14.1 Å². The number of hydrogen-bond donors (Lipinski definition) is 1. The summed E-state index contributed by atoms with van der Waals surface area (Å²) in [6.45, 7) is 4.09. The summed E-state index contributed by atoms with van der Waals surface area (Å²) in [5.41, 5.74) is 3.10. The van der Waals surface area contributed by atoms with Crippen LogP contribution in [0.4, 0.5) is 0 Å². The van der Waals surface area contributed by atoms with E-state index in [9.17, 15) is 4.79 Å². The number of nitrogens with one attached hydrogen (secondary N) is 1. The van der Waals surface area contributed by atoms with Crippen LogP contribution in [0.3, 0.4) is 0 Å². The summed E-state index contributed by atoms with van der Waals surface area (Å²) < 4.78 is 10.6. The molecule has 0 bridgehead atoms. The number of aromatic nitrogens is 3. The lowest BCUT2D eigenvalue weighted by atomic mass is 10.1. The predicted octanol–water partition coefficient (Wildman–Crippen LogP) is 2.44. The molecule has 1 amide bonds. The maximum atomic E-state index is 11.9. The Hall–Kier alpha value is -3.22. The molecule has 2 aromatic heterocycles. The van der Waals surface area contributed by atoms with Crippen LogP contribution in [-0.4, -0.2) is 27.6 Å². The molecule has 0 radical (unpaired) electrons. The fraction of sp³-hybridized carbons (Fsp3) is 0.222. The summed E-state index contributed by atoms with van der Waals surface area (Å²) in [7, 11) is 0. The molecule has 0 aliphatic carbocycles. The number of nitrogens with zero attached hydrogens (tertiary/aromatic N) is 3. The molecule has 7 nitrogen and oxygen atoms in total. The molecular weight excluding hydrogens is 320 g/mol. The molecule has 1 aromatic carbocycles. The minimum atomic E-state index is -0.262. The van der Waals surface area contributed by atoms with Crippen molar-refractivity contribution >= 4 is 5.91 Å². The van der Waals surface area contributed by atoms with Crippen molar-refractivity contribution in [1.29, 1.82) is 0 Å². The SMILES string of the molecule is Cc1ccc(OCC(=O)NCc2nc(-c3ccncc3)no2)cc1C. The Labute approximate surface area is 145 Å². The van der Waals surface area contributed by atoms with Crippen molar-refractivity contribution in [3.05, 3.63) is 59.7 Å². The van der Waals surface area contributed by atoms with E-state index >= 15 is 0 Å². The smallest absolute Gasteiger partial charge is 0.258 e. The van der Waals surface area contributed by atoms with Gasteiger partial charge in [-0.15, -0.1) is 0 Å². The fourth-order valence-electron chi connectivity index (χ4n) is 2.12. The maximum Gasteiger partial charge on any atom is 0.258 e. The molecule has 0 aliphatic heterocycles. The Morgan fingerprint density at radius 1 is 1.16 bits per heavy atom. The van der Waals surface area contributed by atoms with Gasteiger partial charge >= 0.3 is 0 Å². The van der Waals surface area contributed by atoms with Gasteiger partial charge in [0.15, 0.2) is 6.61 Å². The average molecular weight is 338 g/mol. The van der Waals surface area contributed by atoms with Gasteiger partial charge < -0.3 is 14.6 Å². The van der Waals surface area contributed by atoms with Crippen molar-refractivity contribution in [3.63, 3.8) is 0 Å². The van der Waals surface area contributed by atoms with Gasteiger partial charge in [0.25, 0.3) is 5.91 Å². The number of aryl methyl sites for hydroxylation is 2. The van der Waals surface area contributed by atoms with E-state index in [2.05, 4.69) is 20.4 Å². The van der Waals surface area contributed by atoms with Crippen LogP contribution in [-0.2, 0) is 11.3 Å². The van der Waals surface area contributed by atoms with Gasteiger partial charge in [-0.3, -0.25) is 9.78 Å². The number of carbonyl (C=O) groups is 1. The van der Waals surface area contributed by atoms with Crippen LogP contribution in [0.2, 0.25) is 0 Å². The van der Waals surface area contributed by atoms with E-state index < -0.39 is 0 Å². The Morgan fingerprint density at radius 3 is 2.72 bits per heavy atom. The summed E-state index contributed by atoms with van der Waals surface area (Å²) in [4.78, 5) is 20.1. The summed E-state index contributed by atoms with van der Waals surface area (Å²) in [5, 5.41) is 6.57. The zero-order chi connectivity index (χ0) is 17.6. The number of ether oxygens (including phenoxy) is 1. The molecule has 0 saturated carbocycles. The zero-order valence-electron chi connectivity index (χ0n) is 14.0. The first-order chi connectivity index (χ1) is 12.1. The molecule has 1 N–H and O–H groups in total. The van der Waals surface area contributed by atoms with E-state index in [4.69, 9.17) is 9.26 Å². The molecule has 0 aliphatic rings. The van der Waals surface area contributed by atoms with Crippen LogP contribution in [0.25, 0.3) is 11.4 Å². The third-order valence-electron chi connectivity index (χ3n) is 3.69. The van der Waals surface area contributed by atoms with Gasteiger partial charge in [-0.2, -0.15) is 4.98 Å². The Kier molecular flexibility index (Phi) is 5.03. The molecular formula is C18H18N4O3. The van der Waals surface area contributed by atoms with Gasteiger partial charge in [-0.25, -0.2) is 0 Å². The van der Waals surface area contributed by atoms with E-state index in [1.54, 1.807) is 24.5 Å². The normalized spacial score (nSPS) is 10.5. The van der Waals surface area contributed by atoms with Crippen LogP contribution < -0.4 is 10.1 Å². The highest BCUT2D eigenvalue weighted by molar-refractivity contribution is 5.77. The molecule has 3 aromatic rings. The second kappa shape index (κ2) is 7.57. The third kappa shape index (κ3) is 4.41. The van der Waals surface area contributed by atoms with Gasteiger partial charge in [0.1, 0.15) is 5.75 Å². The minimum Gasteiger partial charge on any atom is -0.484 e. The summed E-state index contributed by atoms with van der Waals surface area (Å²) >= 11 is 0. The van der Waals surface area contributed by atoms with Gasteiger partial charge in [0, 0.05) is 18.0 Å². The number of rotatable bonds is 6. The van der Waals surface area contributed by atoms with Crippen LogP contribution >= 0.6 is 0 Å². The molecule has 128 valence electrons. The van der Waals surface area contributed by atoms with Crippen molar-refractivity contribution in [1.82, 2.24) is 20.4 Å². The summed E-state index contributed by atoms with van der Waals surface area (Å²) in [6, 6.07) is 9.27. The largest absolute Gasteiger partial charge is 0.484 e. The number of benzene rings is 1. The van der Waals surface area contributed by atoms with Crippen LogP contribution in [0.5, 0.6) is 5.75 Å². The second-order valence-electron chi connectivity index (χ2n) is 5.56. The first-order valence-electron chi connectivity index (χ1n) is 7.81. The van der Waals surface area contributed by atoms with E-state index in [0.717, 1.165) is 11.1 Å². The van der Waals surface area contributed by atoms with E-state index in [1.165, 1.54) is 5.56 Å². The number of pyridine rings is 1. The second-order valence-corrected chi connectivity index (χ2v) is 5.56.